The lowest BCUT2D eigenvalue weighted by Gasteiger charge is -2.04. The van der Waals surface area contributed by atoms with E-state index in [1.807, 2.05) is 13.8 Å². The first-order chi connectivity index (χ1) is 9.92. The first-order valence-corrected chi connectivity index (χ1v) is 7.26. The second-order valence-electron chi connectivity index (χ2n) is 4.50. The number of nitrogens with zero attached hydrogens (tertiary/aromatic N) is 3. The van der Waals surface area contributed by atoms with Crippen molar-refractivity contribution in [2.45, 2.75) is 33.9 Å². The fourth-order valence-corrected chi connectivity index (χ4v) is 2.79. The van der Waals surface area contributed by atoms with Crippen LogP contribution in [-0.4, -0.2) is 31.7 Å². The molecule has 2 N–H and O–H groups in total. The molecule has 2 aromatic heterocycles. The Bertz CT molecular complexity index is 690. The van der Waals surface area contributed by atoms with Gasteiger partial charge < -0.3 is 10.4 Å². The zero-order chi connectivity index (χ0) is 15.6. The van der Waals surface area contributed by atoms with Crippen LogP contribution in [0.25, 0.3) is 0 Å². The Morgan fingerprint density at radius 3 is 2.71 bits per heavy atom. The number of aryl methyl sites for hydroxylation is 3. The van der Waals surface area contributed by atoms with Crippen LogP contribution < -0.4 is 5.32 Å². The van der Waals surface area contributed by atoms with Gasteiger partial charge in [0.15, 0.2) is 0 Å². The van der Waals surface area contributed by atoms with Crippen LogP contribution >= 0.6 is 11.3 Å². The number of hydrogen-bond acceptors (Lipinski definition) is 5. The van der Waals surface area contributed by atoms with Gasteiger partial charge in [-0.15, -0.1) is 11.3 Å². The number of carboxylic acids is 1. The third kappa shape index (κ3) is 3.27. The highest BCUT2D eigenvalue weighted by Gasteiger charge is 2.16. The lowest BCUT2D eigenvalue weighted by atomic mass is 10.3. The molecule has 0 unspecified atom stereocenters. The number of carboxylic acid groups (broad SMARTS) is 1. The summed E-state index contributed by atoms with van der Waals surface area (Å²) in [6.45, 7) is 6.18. The molecule has 21 heavy (non-hydrogen) atoms. The standard InChI is InChI=1S/C13H16N4O3S/c1-4-17-9(5-7(2)16-17)12(18)14-6-10-15-8(3)11(21-10)13(19)20/h5H,4,6H2,1-3H3,(H,14,18)(H,19,20). The second kappa shape index (κ2) is 6.04. The molecule has 0 spiro atoms. The van der Waals surface area contributed by atoms with E-state index in [0.717, 1.165) is 17.0 Å². The Balaban J connectivity index is 2.07. The summed E-state index contributed by atoms with van der Waals surface area (Å²) in [6.07, 6.45) is 0. The van der Waals surface area contributed by atoms with Gasteiger partial charge in [0.05, 0.1) is 17.9 Å². The predicted octanol–water partition coefficient (Wildman–Crippen LogP) is 1.60. The van der Waals surface area contributed by atoms with Gasteiger partial charge in [-0.25, -0.2) is 9.78 Å². The maximum absolute atomic E-state index is 12.1. The van der Waals surface area contributed by atoms with E-state index in [1.165, 1.54) is 0 Å². The molecule has 0 fully saturated rings. The molecule has 0 aliphatic rings. The number of rotatable bonds is 5. The molecule has 112 valence electrons. The molecule has 7 nitrogen and oxygen atoms in total. The number of hydrogen-bond donors (Lipinski definition) is 2. The molecule has 2 rings (SSSR count). The largest absolute Gasteiger partial charge is 0.477 e. The van der Waals surface area contributed by atoms with E-state index in [4.69, 9.17) is 5.11 Å². The van der Waals surface area contributed by atoms with Crippen LogP contribution in [0.4, 0.5) is 0 Å². The minimum atomic E-state index is -0.998. The zero-order valence-corrected chi connectivity index (χ0v) is 12.8. The quantitative estimate of drug-likeness (QED) is 0.874. The monoisotopic (exact) mass is 308 g/mol. The summed E-state index contributed by atoms with van der Waals surface area (Å²) in [5, 5.41) is 16.5. The maximum Gasteiger partial charge on any atom is 0.347 e. The van der Waals surface area contributed by atoms with E-state index in [-0.39, 0.29) is 17.3 Å². The van der Waals surface area contributed by atoms with Crippen molar-refractivity contribution in [2.75, 3.05) is 0 Å². The molecule has 2 aromatic rings. The number of thiazole rings is 1. The third-order valence-corrected chi connectivity index (χ3v) is 4.02. The van der Waals surface area contributed by atoms with Crippen molar-refractivity contribution in [1.29, 1.82) is 0 Å². The number of carbonyl (C=O) groups excluding carboxylic acids is 1. The number of carbonyl (C=O) groups is 2. The Kier molecular flexibility index (Phi) is 4.37. The minimum absolute atomic E-state index is 0.200. The summed E-state index contributed by atoms with van der Waals surface area (Å²) in [7, 11) is 0. The van der Waals surface area contributed by atoms with E-state index >= 15 is 0 Å². The van der Waals surface area contributed by atoms with Crippen LogP contribution in [0, 0.1) is 13.8 Å². The lowest BCUT2D eigenvalue weighted by Crippen LogP contribution is -2.25. The smallest absolute Gasteiger partial charge is 0.347 e. The van der Waals surface area contributed by atoms with Crippen molar-refractivity contribution in [3.8, 4) is 0 Å². The summed E-state index contributed by atoms with van der Waals surface area (Å²) in [4.78, 5) is 27.4. The SMILES string of the molecule is CCn1nc(C)cc1C(=O)NCc1nc(C)c(C(=O)O)s1. The second-order valence-corrected chi connectivity index (χ2v) is 5.58. The molecule has 2 heterocycles. The molecular formula is C13H16N4O3S. The van der Waals surface area contributed by atoms with Crippen LogP contribution in [0.15, 0.2) is 6.07 Å². The highest BCUT2D eigenvalue weighted by atomic mass is 32.1. The molecule has 0 bridgehead atoms. The first-order valence-electron chi connectivity index (χ1n) is 6.44. The number of aromatic nitrogens is 3. The van der Waals surface area contributed by atoms with Crippen LogP contribution in [-0.2, 0) is 13.1 Å². The van der Waals surface area contributed by atoms with Crippen molar-refractivity contribution in [1.82, 2.24) is 20.1 Å². The molecule has 0 aliphatic heterocycles. The Labute approximate surface area is 125 Å². The van der Waals surface area contributed by atoms with Crippen molar-refractivity contribution in [3.05, 3.63) is 33.0 Å². The molecular weight excluding hydrogens is 292 g/mol. The Morgan fingerprint density at radius 1 is 1.43 bits per heavy atom. The highest BCUT2D eigenvalue weighted by molar-refractivity contribution is 7.13. The fraction of sp³-hybridized carbons (Fsp3) is 0.385. The normalized spacial score (nSPS) is 10.6. The van der Waals surface area contributed by atoms with Crippen LogP contribution in [0.3, 0.4) is 0 Å². The van der Waals surface area contributed by atoms with Gasteiger partial charge in [0, 0.05) is 6.54 Å². The predicted molar refractivity (Wildman–Crippen MR) is 77.6 cm³/mol. The number of nitrogens with one attached hydrogen (secondary N) is 1. The average molecular weight is 308 g/mol. The summed E-state index contributed by atoms with van der Waals surface area (Å²) < 4.78 is 1.63. The summed E-state index contributed by atoms with van der Waals surface area (Å²) in [6, 6.07) is 1.72. The van der Waals surface area contributed by atoms with E-state index < -0.39 is 5.97 Å². The molecule has 0 saturated heterocycles. The highest BCUT2D eigenvalue weighted by Crippen LogP contribution is 2.17. The van der Waals surface area contributed by atoms with Crippen LogP contribution in [0.2, 0.25) is 0 Å². The first kappa shape index (κ1) is 15.2. The van der Waals surface area contributed by atoms with Crippen LogP contribution in [0.1, 0.15) is 43.5 Å². The Hall–Kier alpha value is -2.22. The van der Waals surface area contributed by atoms with E-state index in [1.54, 1.807) is 17.7 Å². The van der Waals surface area contributed by atoms with Crippen molar-refractivity contribution in [2.24, 2.45) is 0 Å². The topological polar surface area (TPSA) is 97.1 Å². The molecule has 0 saturated carbocycles. The van der Waals surface area contributed by atoms with Gasteiger partial charge in [-0.2, -0.15) is 5.10 Å². The van der Waals surface area contributed by atoms with Crippen molar-refractivity contribution >= 4 is 23.2 Å². The third-order valence-electron chi connectivity index (χ3n) is 2.87. The summed E-state index contributed by atoms with van der Waals surface area (Å²) >= 11 is 1.07. The van der Waals surface area contributed by atoms with E-state index in [9.17, 15) is 9.59 Å². The molecule has 0 atom stereocenters. The molecule has 1 amide bonds. The van der Waals surface area contributed by atoms with Crippen LogP contribution in [0.5, 0.6) is 0 Å². The van der Waals surface area contributed by atoms with Gasteiger partial charge >= 0.3 is 5.97 Å². The molecule has 0 radical (unpaired) electrons. The average Bonchev–Trinajstić information content (AvgIpc) is 2.99. The molecule has 8 heteroatoms. The zero-order valence-electron chi connectivity index (χ0n) is 12.0. The van der Waals surface area contributed by atoms with Gasteiger partial charge in [-0.3, -0.25) is 9.48 Å². The number of aromatic carboxylic acids is 1. The van der Waals surface area contributed by atoms with Gasteiger partial charge in [0.2, 0.25) is 0 Å². The molecule has 0 aliphatic carbocycles. The molecule has 0 aromatic carbocycles. The van der Waals surface area contributed by atoms with E-state index in [2.05, 4.69) is 15.4 Å². The summed E-state index contributed by atoms with van der Waals surface area (Å²) in [5.74, 6) is -1.25. The number of amides is 1. The lowest BCUT2D eigenvalue weighted by molar-refractivity contribution is 0.0701. The summed E-state index contributed by atoms with van der Waals surface area (Å²) in [5.41, 5.74) is 1.73. The van der Waals surface area contributed by atoms with Gasteiger partial charge in [-0.05, 0) is 26.8 Å². The minimum Gasteiger partial charge on any atom is -0.477 e. The van der Waals surface area contributed by atoms with E-state index in [0.29, 0.717) is 22.9 Å². The van der Waals surface area contributed by atoms with Crippen molar-refractivity contribution in [3.63, 3.8) is 0 Å². The fourth-order valence-electron chi connectivity index (χ4n) is 1.94. The van der Waals surface area contributed by atoms with Gasteiger partial charge in [-0.1, -0.05) is 0 Å². The van der Waals surface area contributed by atoms with Gasteiger partial charge in [0.1, 0.15) is 15.6 Å². The van der Waals surface area contributed by atoms with Crippen molar-refractivity contribution < 1.29 is 14.7 Å². The van der Waals surface area contributed by atoms with Gasteiger partial charge in [0.25, 0.3) is 5.91 Å². The maximum atomic E-state index is 12.1. The Morgan fingerprint density at radius 2 is 2.14 bits per heavy atom.